The number of nitrogens with one attached hydrogen (secondary N) is 1. The normalized spacial score (nSPS) is 19.5. The van der Waals surface area contributed by atoms with Crippen LogP contribution in [0.1, 0.15) is 23.3 Å². The lowest BCUT2D eigenvalue weighted by atomic mass is 10.1. The Morgan fingerprint density at radius 3 is 2.89 bits per heavy atom. The van der Waals surface area contributed by atoms with Crippen molar-refractivity contribution < 1.29 is 9.26 Å². The molecule has 19 heavy (non-hydrogen) atoms. The maximum Gasteiger partial charge on any atom is 0.246 e. The minimum absolute atomic E-state index is 0.0340. The first-order chi connectivity index (χ1) is 9.42. The second kappa shape index (κ2) is 5.95. The van der Waals surface area contributed by atoms with Gasteiger partial charge in [-0.15, -0.1) is 0 Å². The Labute approximate surface area is 112 Å². The second-order valence-electron chi connectivity index (χ2n) is 4.62. The fourth-order valence-electron chi connectivity index (χ4n) is 2.14. The van der Waals surface area contributed by atoms with Crippen LogP contribution in [0.25, 0.3) is 0 Å². The first-order valence-electron chi connectivity index (χ1n) is 6.59. The standard InChI is InChI=1S/C14H17N3O2/c1-2-4-11(5-3-1)6-7-13-16-14(19-17-13)12-10-18-9-8-15-12/h1-5,12,15H,6-10H2. The number of aromatic nitrogens is 2. The first-order valence-corrected chi connectivity index (χ1v) is 6.59. The first kappa shape index (κ1) is 12.3. The molecule has 3 rings (SSSR count). The monoisotopic (exact) mass is 259 g/mol. The van der Waals surface area contributed by atoms with Crippen molar-refractivity contribution >= 4 is 0 Å². The molecule has 1 aliphatic rings. The Kier molecular flexibility index (Phi) is 3.86. The van der Waals surface area contributed by atoms with Gasteiger partial charge in [0.2, 0.25) is 5.89 Å². The number of rotatable bonds is 4. The maximum atomic E-state index is 5.38. The van der Waals surface area contributed by atoms with Crippen molar-refractivity contribution in [3.05, 3.63) is 47.6 Å². The van der Waals surface area contributed by atoms with E-state index in [2.05, 4.69) is 27.6 Å². The molecule has 0 spiro atoms. The van der Waals surface area contributed by atoms with Crippen LogP contribution in [0, 0.1) is 0 Å². The molecule has 0 aliphatic carbocycles. The lowest BCUT2D eigenvalue weighted by Crippen LogP contribution is -2.34. The van der Waals surface area contributed by atoms with Gasteiger partial charge in [-0.1, -0.05) is 35.5 Å². The van der Waals surface area contributed by atoms with Crippen LogP contribution in [0.2, 0.25) is 0 Å². The summed E-state index contributed by atoms with van der Waals surface area (Å²) < 4.78 is 10.7. The summed E-state index contributed by atoms with van der Waals surface area (Å²) in [5.41, 5.74) is 1.29. The van der Waals surface area contributed by atoms with Crippen molar-refractivity contribution in [2.45, 2.75) is 18.9 Å². The lowest BCUT2D eigenvalue weighted by Gasteiger charge is -2.20. The number of hydrogen-bond acceptors (Lipinski definition) is 5. The van der Waals surface area contributed by atoms with Crippen LogP contribution in [-0.4, -0.2) is 29.9 Å². The van der Waals surface area contributed by atoms with Crippen molar-refractivity contribution in [2.24, 2.45) is 0 Å². The van der Waals surface area contributed by atoms with Crippen molar-refractivity contribution in [3.63, 3.8) is 0 Å². The summed E-state index contributed by atoms with van der Waals surface area (Å²) in [6.07, 6.45) is 1.72. The van der Waals surface area contributed by atoms with E-state index < -0.39 is 0 Å². The van der Waals surface area contributed by atoms with Crippen molar-refractivity contribution in [2.75, 3.05) is 19.8 Å². The third-order valence-electron chi connectivity index (χ3n) is 3.18. The third-order valence-corrected chi connectivity index (χ3v) is 3.18. The number of aryl methyl sites for hydroxylation is 2. The molecule has 5 nitrogen and oxygen atoms in total. The van der Waals surface area contributed by atoms with Crippen LogP contribution >= 0.6 is 0 Å². The van der Waals surface area contributed by atoms with E-state index in [0.717, 1.165) is 31.8 Å². The zero-order valence-electron chi connectivity index (χ0n) is 10.7. The molecule has 2 heterocycles. The molecule has 0 bridgehead atoms. The largest absolute Gasteiger partial charge is 0.378 e. The summed E-state index contributed by atoms with van der Waals surface area (Å²) in [6.45, 7) is 2.16. The van der Waals surface area contributed by atoms with E-state index in [1.807, 2.05) is 18.2 Å². The molecule has 100 valence electrons. The zero-order chi connectivity index (χ0) is 12.9. The fourth-order valence-corrected chi connectivity index (χ4v) is 2.14. The van der Waals surface area contributed by atoms with E-state index in [0.29, 0.717) is 12.5 Å². The summed E-state index contributed by atoms with van der Waals surface area (Å²) in [6, 6.07) is 10.4. The van der Waals surface area contributed by atoms with Crippen molar-refractivity contribution in [1.82, 2.24) is 15.5 Å². The van der Waals surface area contributed by atoms with Crippen molar-refractivity contribution in [3.8, 4) is 0 Å². The van der Waals surface area contributed by atoms with Crippen LogP contribution in [0.15, 0.2) is 34.9 Å². The van der Waals surface area contributed by atoms with E-state index in [-0.39, 0.29) is 6.04 Å². The van der Waals surface area contributed by atoms with Gasteiger partial charge in [0, 0.05) is 13.0 Å². The average molecular weight is 259 g/mol. The Morgan fingerprint density at radius 1 is 1.21 bits per heavy atom. The van der Waals surface area contributed by atoms with E-state index in [9.17, 15) is 0 Å². The SMILES string of the molecule is c1ccc(CCc2noc(C3COCCN3)n2)cc1. The third kappa shape index (κ3) is 3.19. The smallest absolute Gasteiger partial charge is 0.246 e. The minimum Gasteiger partial charge on any atom is -0.378 e. The lowest BCUT2D eigenvalue weighted by molar-refractivity contribution is 0.0659. The molecule has 1 atom stereocenters. The molecular weight excluding hydrogens is 242 g/mol. The number of benzene rings is 1. The van der Waals surface area contributed by atoms with Gasteiger partial charge in [-0.2, -0.15) is 4.98 Å². The van der Waals surface area contributed by atoms with E-state index in [4.69, 9.17) is 9.26 Å². The second-order valence-corrected chi connectivity index (χ2v) is 4.62. The average Bonchev–Trinajstić information content (AvgIpc) is 2.96. The molecule has 1 unspecified atom stereocenters. The van der Waals surface area contributed by atoms with Crippen LogP contribution in [0.5, 0.6) is 0 Å². The maximum absolute atomic E-state index is 5.38. The van der Waals surface area contributed by atoms with Gasteiger partial charge in [0.05, 0.1) is 13.2 Å². The van der Waals surface area contributed by atoms with Gasteiger partial charge in [-0.3, -0.25) is 0 Å². The van der Waals surface area contributed by atoms with Gasteiger partial charge in [0.25, 0.3) is 0 Å². The summed E-state index contributed by atoms with van der Waals surface area (Å²) in [4.78, 5) is 4.43. The van der Waals surface area contributed by atoms with Crippen LogP contribution in [-0.2, 0) is 17.6 Å². The molecule has 1 aliphatic heterocycles. The molecule has 1 aromatic heterocycles. The minimum atomic E-state index is 0.0340. The highest BCUT2D eigenvalue weighted by Crippen LogP contribution is 2.14. The van der Waals surface area contributed by atoms with Gasteiger partial charge in [-0.05, 0) is 12.0 Å². The Balaban J connectivity index is 1.58. The Morgan fingerprint density at radius 2 is 2.11 bits per heavy atom. The predicted molar refractivity (Wildman–Crippen MR) is 69.7 cm³/mol. The molecule has 1 aromatic carbocycles. The highest BCUT2D eigenvalue weighted by molar-refractivity contribution is 5.15. The highest BCUT2D eigenvalue weighted by atomic mass is 16.5. The zero-order valence-corrected chi connectivity index (χ0v) is 10.7. The van der Waals surface area contributed by atoms with Gasteiger partial charge in [-0.25, -0.2) is 0 Å². The van der Waals surface area contributed by atoms with Gasteiger partial charge < -0.3 is 14.6 Å². The summed E-state index contributed by atoms with van der Waals surface area (Å²) in [7, 11) is 0. The van der Waals surface area contributed by atoms with Gasteiger partial charge in [0.1, 0.15) is 6.04 Å². The molecule has 0 radical (unpaired) electrons. The molecule has 1 fully saturated rings. The molecule has 0 saturated carbocycles. The molecule has 2 aromatic rings. The van der Waals surface area contributed by atoms with Crippen molar-refractivity contribution in [1.29, 1.82) is 0 Å². The van der Waals surface area contributed by atoms with Crippen LogP contribution in [0.3, 0.4) is 0 Å². The van der Waals surface area contributed by atoms with Crippen LogP contribution < -0.4 is 5.32 Å². The summed E-state index contributed by atoms with van der Waals surface area (Å²) in [5, 5.41) is 7.33. The number of nitrogens with zero attached hydrogens (tertiary/aromatic N) is 2. The molecule has 0 amide bonds. The molecule has 1 saturated heterocycles. The quantitative estimate of drug-likeness (QED) is 0.902. The fraction of sp³-hybridized carbons (Fsp3) is 0.429. The Hall–Kier alpha value is -1.72. The Bertz CT molecular complexity index is 506. The van der Waals surface area contributed by atoms with E-state index >= 15 is 0 Å². The highest BCUT2D eigenvalue weighted by Gasteiger charge is 2.21. The van der Waals surface area contributed by atoms with Gasteiger partial charge >= 0.3 is 0 Å². The molecule has 5 heteroatoms. The number of ether oxygens (including phenoxy) is 1. The molecule has 1 N–H and O–H groups in total. The number of morpholine rings is 1. The topological polar surface area (TPSA) is 60.2 Å². The van der Waals surface area contributed by atoms with E-state index in [1.165, 1.54) is 5.56 Å². The number of hydrogen-bond donors (Lipinski definition) is 1. The molecular formula is C14H17N3O2. The van der Waals surface area contributed by atoms with Gasteiger partial charge in [0.15, 0.2) is 5.82 Å². The van der Waals surface area contributed by atoms with Crippen LogP contribution in [0.4, 0.5) is 0 Å². The summed E-state index contributed by atoms with van der Waals surface area (Å²) >= 11 is 0. The van der Waals surface area contributed by atoms with E-state index in [1.54, 1.807) is 0 Å². The predicted octanol–water partition coefficient (Wildman–Crippen LogP) is 1.52. The summed E-state index contributed by atoms with van der Waals surface area (Å²) in [5.74, 6) is 1.38.